The van der Waals surface area contributed by atoms with Crippen LogP contribution < -0.4 is 16.0 Å². The predicted octanol–water partition coefficient (Wildman–Crippen LogP) is 6.44. The van der Waals surface area contributed by atoms with Crippen molar-refractivity contribution in [1.82, 2.24) is 60.0 Å². The maximum Gasteiger partial charge on any atom is 0.397 e. The van der Waals surface area contributed by atoms with Crippen LogP contribution in [0.1, 0.15) is 183 Å². The van der Waals surface area contributed by atoms with Crippen LogP contribution in [-0.4, -0.2) is 289 Å². The van der Waals surface area contributed by atoms with Gasteiger partial charge in [-0.25, -0.2) is 17.6 Å². The Hall–Kier alpha value is -7.15. The van der Waals surface area contributed by atoms with Crippen LogP contribution in [0, 0.1) is 40.9 Å². The maximum atomic E-state index is 15.8. The summed E-state index contributed by atoms with van der Waals surface area (Å²) in [5.74, 6) is -18.1. The lowest BCUT2D eigenvalue weighted by molar-refractivity contribution is -0.219. The van der Waals surface area contributed by atoms with E-state index < -0.39 is 242 Å². The van der Waals surface area contributed by atoms with Gasteiger partial charge in [0, 0.05) is 95.3 Å². The Morgan fingerprint density at radius 1 is 0.648 bits per heavy atom. The number of nitrogens with one attached hydrogen (secondary N) is 3. The molecule has 2 bridgehead atoms. The van der Waals surface area contributed by atoms with E-state index in [0.717, 1.165) is 37.3 Å². The van der Waals surface area contributed by atoms with E-state index in [1.165, 1.54) is 76.0 Å². The number of halogens is 7. The molecule has 7 aliphatic rings. The number of nitrogens with zero attached hydrogens (tertiary/aromatic N) is 9. The molecule has 32 heteroatoms. The quantitative estimate of drug-likeness (QED) is 0.118. The molecule has 7 rings (SSSR count). The van der Waals surface area contributed by atoms with E-state index in [1.54, 1.807) is 32.9 Å². The molecule has 0 aromatic carbocycles. The first-order valence-corrected chi connectivity index (χ1v) is 38.7. The minimum absolute atomic E-state index is 0.00732. The number of hydrogen-bond donors (Lipinski definition) is 3. The fraction of sp³-hybridized carbons (Fsp3) is 0.816. The van der Waals surface area contributed by atoms with Gasteiger partial charge in [0.05, 0.1) is 25.6 Å². The summed E-state index contributed by atoms with van der Waals surface area (Å²) in [6, 6.07) is -11.3. The molecule has 1 spiro atoms. The Bertz CT molecular complexity index is 3250. The average Bonchev–Trinajstić information content (AvgIpc) is 0.745. The van der Waals surface area contributed by atoms with Crippen molar-refractivity contribution < 1.29 is 93.0 Å². The highest BCUT2D eigenvalue weighted by Crippen LogP contribution is 2.50. The van der Waals surface area contributed by atoms with Gasteiger partial charge in [0.1, 0.15) is 72.1 Å². The SMILES string of the molecule is CCO[C@@H]1C[C@H]2C(=O)NC3(CC(C)(C)C3)C(=O)N(C)[C@@H](C(CC)CC)C(=O)N(C)[C@H](C(=O)N(C)C)CC(=O)N(C)[C@@H](CC3CC3)C(=O)N[C@@H]([C@@H](C)CC)C(=O)N(C)CC(=O)N(C)[C@H]3C/C=C\CCN(C3=O)[C@@H](CC3CCC(F)(F)CC3)C(=O)N(C)CC(=O)N[C@@H](CCC3CC(F)C(C(F)(F)F)C(F)C3)C(=O)N2C1. The third kappa shape index (κ3) is 21.3. The fourth-order valence-corrected chi connectivity index (χ4v) is 17.3. The van der Waals surface area contributed by atoms with Crippen molar-refractivity contribution >= 4 is 70.9 Å². The number of fused-ring (bicyclic) bond motifs is 3. The molecular formula is C76H119F7N12O13. The van der Waals surface area contributed by atoms with E-state index in [9.17, 15) is 50.7 Å². The zero-order valence-electron chi connectivity index (χ0n) is 65.8. The van der Waals surface area contributed by atoms with Crippen molar-refractivity contribution in [2.45, 2.75) is 268 Å². The topological polar surface area (TPSA) is 279 Å². The third-order valence-electron chi connectivity index (χ3n) is 24.0. The van der Waals surface area contributed by atoms with Gasteiger partial charge in [-0.15, -0.1) is 0 Å². The van der Waals surface area contributed by atoms with E-state index in [4.69, 9.17) is 4.74 Å². The predicted molar refractivity (Wildman–Crippen MR) is 386 cm³/mol. The molecular weight excluding hydrogens is 1420 g/mol. The lowest BCUT2D eigenvalue weighted by atomic mass is 9.58. The zero-order chi connectivity index (χ0) is 80.6. The molecule has 0 radical (unpaired) electrons. The molecule has 25 nitrogen and oxygen atoms in total. The van der Waals surface area contributed by atoms with Crippen LogP contribution in [0.3, 0.4) is 0 Å². The molecule has 610 valence electrons. The average molecular weight is 1540 g/mol. The summed E-state index contributed by atoms with van der Waals surface area (Å²) in [5, 5.41) is 8.51. The summed E-state index contributed by atoms with van der Waals surface area (Å²) >= 11 is 0. The summed E-state index contributed by atoms with van der Waals surface area (Å²) in [4.78, 5) is 192. The molecule has 2 unspecified atom stereocenters. The van der Waals surface area contributed by atoms with E-state index in [0.29, 0.717) is 19.3 Å². The van der Waals surface area contributed by atoms with Crippen LogP contribution in [0.15, 0.2) is 12.2 Å². The van der Waals surface area contributed by atoms with Crippen LogP contribution in [0.4, 0.5) is 30.7 Å². The fourth-order valence-electron chi connectivity index (χ4n) is 17.3. The van der Waals surface area contributed by atoms with Gasteiger partial charge in [0.25, 0.3) is 0 Å². The van der Waals surface area contributed by atoms with Gasteiger partial charge >= 0.3 is 6.18 Å². The van der Waals surface area contributed by atoms with Crippen LogP contribution >= 0.6 is 0 Å². The van der Waals surface area contributed by atoms with E-state index in [2.05, 4.69) is 16.0 Å². The number of rotatable bonds is 15. The number of amides is 12. The van der Waals surface area contributed by atoms with E-state index in [1.807, 2.05) is 27.7 Å². The van der Waals surface area contributed by atoms with Crippen molar-refractivity contribution in [2.24, 2.45) is 40.9 Å². The number of likely N-dealkylation sites (N-methyl/N-ethyl adjacent to an activating group) is 7. The Kier molecular flexibility index (Phi) is 30.0. The first kappa shape index (κ1) is 88.1. The first-order chi connectivity index (χ1) is 50.4. The Labute approximate surface area is 631 Å². The van der Waals surface area contributed by atoms with Gasteiger partial charge in [-0.2, -0.15) is 13.2 Å². The Balaban J connectivity index is 1.34. The van der Waals surface area contributed by atoms with E-state index in [-0.39, 0.29) is 89.8 Å². The number of ether oxygens (including phenoxy) is 1. The monoisotopic (exact) mass is 1540 g/mol. The highest BCUT2D eigenvalue weighted by Gasteiger charge is 2.60. The van der Waals surface area contributed by atoms with Gasteiger partial charge in [-0.3, -0.25) is 57.5 Å². The van der Waals surface area contributed by atoms with Gasteiger partial charge in [-0.1, -0.05) is 85.8 Å². The Morgan fingerprint density at radius 2 is 1.24 bits per heavy atom. The van der Waals surface area contributed by atoms with Crippen LogP contribution in [-0.2, 0) is 62.3 Å². The molecule has 2 saturated heterocycles. The van der Waals surface area contributed by atoms with Gasteiger partial charge < -0.3 is 64.8 Å². The van der Waals surface area contributed by atoms with Crippen molar-refractivity contribution in [3.8, 4) is 0 Å². The molecule has 3 heterocycles. The summed E-state index contributed by atoms with van der Waals surface area (Å²) in [6.45, 7) is 10.7. The summed E-state index contributed by atoms with van der Waals surface area (Å²) in [6.07, 6.45) is -9.61. The number of carbonyl (C=O) groups excluding carboxylic acids is 12. The highest BCUT2D eigenvalue weighted by molar-refractivity contribution is 6.01. The second-order valence-electron chi connectivity index (χ2n) is 32.9. The number of carbonyl (C=O) groups is 12. The summed E-state index contributed by atoms with van der Waals surface area (Å²) < 4.78 is 109. The second kappa shape index (κ2) is 36.8. The van der Waals surface area contributed by atoms with Gasteiger partial charge in [0.15, 0.2) is 0 Å². The van der Waals surface area contributed by atoms with Crippen molar-refractivity contribution in [2.75, 3.05) is 89.2 Å². The summed E-state index contributed by atoms with van der Waals surface area (Å²) in [7, 11) is 11.0. The third-order valence-corrected chi connectivity index (χ3v) is 24.0. The second-order valence-corrected chi connectivity index (χ2v) is 32.9. The standard InChI is InChI=1S/C76H119F7N12O13/c1-16-44(5)62-70(105)89(11)41-60(98)90(12)53-23-21-20-22-32-94(69(53)104)57(36-46-28-30-75(79,80)31-29-46)68(103)88(10)40-58(96)84-52(27-26-47-33-50(77)61(51(78)34-47)76(81,82)83)66(101)95-39-49(108-19-4)37-55(95)65(100)86-74(42-73(6,7)43-74)72(107)93(15)63(48(17-2)18-3)71(106)92(14)56(67(102)87(8)9)38-59(97)91(13)54(64(99)85-62)35-45-24-25-45/h20-21,44-57,61-63H,16-19,22-43H2,1-15H3,(H,84,96)(H,85,99)(H,86,100)/b21-20-/t44-,47?,49+,50?,51?,52-,53-,54-,55-,56-,57-,61?,62-,63-/m0/s1. The van der Waals surface area contributed by atoms with E-state index >= 15 is 37.5 Å². The highest BCUT2D eigenvalue weighted by atomic mass is 19.4. The maximum absolute atomic E-state index is 15.8. The molecule has 12 atom stereocenters. The molecule has 0 aromatic rings. The molecule has 0 aromatic heterocycles. The number of hydrogen-bond acceptors (Lipinski definition) is 13. The minimum Gasteiger partial charge on any atom is -0.377 e. The molecule has 108 heavy (non-hydrogen) atoms. The van der Waals surface area contributed by atoms with Gasteiger partial charge in [0.2, 0.25) is 76.8 Å². The normalized spacial score (nSPS) is 31.4. The zero-order valence-corrected chi connectivity index (χ0v) is 65.8. The molecule has 3 N–H and O–H groups in total. The van der Waals surface area contributed by atoms with Crippen molar-refractivity contribution in [3.05, 3.63) is 12.2 Å². The van der Waals surface area contributed by atoms with Crippen LogP contribution in [0.2, 0.25) is 0 Å². The van der Waals surface area contributed by atoms with Crippen LogP contribution in [0.5, 0.6) is 0 Å². The molecule has 12 amide bonds. The Morgan fingerprint density at radius 3 is 1.80 bits per heavy atom. The molecule has 4 saturated carbocycles. The smallest absolute Gasteiger partial charge is 0.377 e. The van der Waals surface area contributed by atoms with Crippen molar-refractivity contribution in [3.63, 3.8) is 0 Å². The lowest BCUT2D eigenvalue weighted by Crippen LogP contribution is -2.71. The molecule has 4 aliphatic carbocycles. The largest absolute Gasteiger partial charge is 0.397 e. The molecule has 6 fully saturated rings. The van der Waals surface area contributed by atoms with Gasteiger partial charge in [-0.05, 0) is 119 Å². The van der Waals surface area contributed by atoms with Crippen molar-refractivity contribution in [1.29, 1.82) is 0 Å². The molecule has 3 aliphatic heterocycles. The minimum atomic E-state index is -5.21. The lowest BCUT2D eigenvalue weighted by Gasteiger charge is -2.54. The number of alkyl halides is 7. The summed E-state index contributed by atoms with van der Waals surface area (Å²) in [5.41, 5.74) is -2.37. The first-order valence-electron chi connectivity index (χ1n) is 38.7. The van der Waals surface area contributed by atoms with Crippen LogP contribution in [0.25, 0.3) is 0 Å².